The number of hydrogen-bond donors (Lipinski definition) is 1. The first kappa shape index (κ1) is 14.6. The van der Waals surface area contributed by atoms with Gasteiger partial charge in [0.05, 0.1) is 5.56 Å². The van der Waals surface area contributed by atoms with Crippen molar-refractivity contribution in [2.24, 2.45) is 0 Å². The number of hydrogen-bond acceptors (Lipinski definition) is 6. The van der Waals surface area contributed by atoms with Crippen LogP contribution in [0.25, 0.3) is 17.2 Å². The molecule has 0 unspecified atom stereocenters. The highest BCUT2D eigenvalue weighted by molar-refractivity contribution is 7.98. The number of anilines is 1. The molecule has 2 N–H and O–H groups in total. The van der Waals surface area contributed by atoms with Gasteiger partial charge in [-0.25, -0.2) is 0 Å². The first-order valence-corrected chi connectivity index (χ1v) is 7.23. The van der Waals surface area contributed by atoms with E-state index in [1.807, 2.05) is 0 Å². The topological polar surface area (TPSA) is 82.0 Å². The maximum absolute atomic E-state index is 13.1. The first-order chi connectivity index (χ1) is 10.4. The van der Waals surface area contributed by atoms with Crippen LogP contribution in [-0.2, 0) is 6.18 Å². The standard InChI is InChI=1S/C12H9F3N6S/c1-22-11-18-9(16)21-10(19-11)17-8(20-21)6-4-2-3-5-7(6)12(13,14)15/h2-5H,1H3,(H2,16,17,18,19,20). The lowest BCUT2D eigenvalue weighted by Gasteiger charge is -2.09. The second kappa shape index (κ2) is 5.13. The Kier molecular flexibility index (Phi) is 3.39. The zero-order valence-corrected chi connectivity index (χ0v) is 12.0. The predicted molar refractivity (Wildman–Crippen MR) is 75.2 cm³/mol. The highest BCUT2D eigenvalue weighted by Crippen LogP contribution is 2.35. The highest BCUT2D eigenvalue weighted by atomic mass is 32.2. The summed E-state index contributed by atoms with van der Waals surface area (Å²) >= 11 is 1.25. The summed E-state index contributed by atoms with van der Waals surface area (Å²) in [6.07, 6.45) is -2.75. The zero-order chi connectivity index (χ0) is 15.9. The van der Waals surface area contributed by atoms with Gasteiger partial charge >= 0.3 is 6.18 Å². The van der Waals surface area contributed by atoms with Gasteiger partial charge in [-0.2, -0.15) is 32.6 Å². The molecule has 114 valence electrons. The van der Waals surface area contributed by atoms with Crippen LogP contribution in [0.15, 0.2) is 29.4 Å². The van der Waals surface area contributed by atoms with E-state index in [9.17, 15) is 13.2 Å². The van der Waals surface area contributed by atoms with Gasteiger partial charge < -0.3 is 5.73 Å². The summed E-state index contributed by atoms with van der Waals surface area (Å²) in [4.78, 5) is 12.1. The summed E-state index contributed by atoms with van der Waals surface area (Å²) in [5, 5.41) is 4.35. The quantitative estimate of drug-likeness (QED) is 0.729. The van der Waals surface area contributed by atoms with Crippen molar-refractivity contribution in [3.05, 3.63) is 29.8 Å². The minimum atomic E-state index is -4.50. The normalized spacial score (nSPS) is 12.0. The highest BCUT2D eigenvalue weighted by Gasteiger charge is 2.34. The lowest BCUT2D eigenvalue weighted by Crippen LogP contribution is -2.07. The average Bonchev–Trinajstić information content (AvgIpc) is 2.90. The first-order valence-electron chi connectivity index (χ1n) is 6.01. The molecule has 0 fully saturated rings. The third kappa shape index (κ3) is 2.45. The number of aromatic nitrogens is 5. The monoisotopic (exact) mass is 326 g/mol. The number of nitrogen functional groups attached to an aromatic ring is 1. The molecule has 22 heavy (non-hydrogen) atoms. The third-order valence-electron chi connectivity index (χ3n) is 2.87. The van der Waals surface area contributed by atoms with Crippen LogP contribution >= 0.6 is 11.8 Å². The summed E-state index contributed by atoms with van der Waals surface area (Å²) in [5.74, 6) is 0.00796. The van der Waals surface area contributed by atoms with Gasteiger partial charge in [-0.1, -0.05) is 30.0 Å². The molecule has 0 bridgehead atoms. The minimum absolute atomic E-state index is 0.0117. The molecule has 0 radical (unpaired) electrons. The molecule has 0 aliphatic rings. The molecule has 2 aromatic heterocycles. The second-order valence-corrected chi connectivity index (χ2v) is 5.03. The number of halogens is 3. The van der Waals surface area contributed by atoms with Gasteiger partial charge in [0.15, 0.2) is 11.0 Å². The SMILES string of the molecule is CSc1nc(N)n2nc(-c3ccccc3C(F)(F)F)nc2n1. The fourth-order valence-electron chi connectivity index (χ4n) is 1.92. The van der Waals surface area contributed by atoms with Crippen molar-refractivity contribution in [2.75, 3.05) is 12.0 Å². The van der Waals surface area contributed by atoms with Crippen LogP contribution in [0, 0.1) is 0 Å². The Balaban J connectivity index is 2.22. The molecule has 2 heterocycles. The van der Waals surface area contributed by atoms with E-state index < -0.39 is 11.7 Å². The average molecular weight is 326 g/mol. The summed E-state index contributed by atoms with van der Waals surface area (Å²) in [6, 6.07) is 5.07. The number of benzene rings is 1. The Bertz CT molecular complexity index is 844. The molecule has 0 aliphatic heterocycles. The molecule has 0 spiro atoms. The van der Waals surface area contributed by atoms with Gasteiger partial charge in [0.1, 0.15) is 0 Å². The number of alkyl halides is 3. The molecule has 0 saturated heterocycles. The van der Waals surface area contributed by atoms with Crippen molar-refractivity contribution in [2.45, 2.75) is 11.3 Å². The summed E-state index contributed by atoms with van der Waals surface area (Å²) in [5.41, 5.74) is 4.77. The molecule has 10 heteroatoms. The molecular weight excluding hydrogens is 317 g/mol. The van der Waals surface area contributed by atoms with E-state index in [0.29, 0.717) is 5.16 Å². The molecule has 1 aromatic carbocycles. The van der Waals surface area contributed by atoms with Gasteiger partial charge in [0, 0.05) is 5.56 Å². The minimum Gasteiger partial charge on any atom is -0.368 e. The smallest absolute Gasteiger partial charge is 0.368 e. The summed E-state index contributed by atoms with van der Waals surface area (Å²) in [6.45, 7) is 0. The molecule has 3 aromatic rings. The van der Waals surface area contributed by atoms with Gasteiger partial charge in [0.2, 0.25) is 5.95 Å². The second-order valence-electron chi connectivity index (χ2n) is 4.26. The van der Waals surface area contributed by atoms with Crippen LogP contribution in [0.3, 0.4) is 0 Å². The largest absolute Gasteiger partial charge is 0.417 e. The van der Waals surface area contributed by atoms with Gasteiger partial charge in [-0.15, -0.1) is 5.10 Å². The summed E-state index contributed by atoms with van der Waals surface area (Å²) < 4.78 is 40.3. The van der Waals surface area contributed by atoms with E-state index in [1.165, 1.54) is 30.0 Å². The van der Waals surface area contributed by atoms with Gasteiger partial charge in [-0.3, -0.25) is 0 Å². The third-order valence-corrected chi connectivity index (χ3v) is 3.42. The zero-order valence-electron chi connectivity index (χ0n) is 11.2. The van der Waals surface area contributed by atoms with Gasteiger partial charge in [-0.05, 0) is 12.3 Å². The molecule has 0 atom stereocenters. The molecule has 0 aliphatic carbocycles. The lowest BCUT2D eigenvalue weighted by molar-refractivity contribution is -0.137. The van der Waals surface area contributed by atoms with Crippen molar-refractivity contribution < 1.29 is 13.2 Å². The number of nitrogens with zero attached hydrogens (tertiary/aromatic N) is 5. The number of nitrogens with two attached hydrogens (primary N) is 1. The van der Waals surface area contributed by atoms with Crippen LogP contribution < -0.4 is 5.73 Å². The van der Waals surface area contributed by atoms with Crippen LogP contribution in [0.5, 0.6) is 0 Å². The number of fused-ring (bicyclic) bond motifs is 1. The Morgan fingerprint density at radius 2 is 1.86 bits per heavy atom. The predicted octanol–water partition coefficient (Wildman–Crippen LogP) is 2.51. The van der Waals surface area contributed by atoms with E-state index in [1.54, 1.807) is 6.26 Å². The van der Waals surface area contributed by atoms with E-state index in [0.717, 1.165) is 10.6 Å². The van der Waals surface area contributed by atoms with Crippen molar-refractivity contribution in [3.63, 3.8) is 0 Å². The molecule has 0 saturated carbocycles. The van der Waals surface area contributed by atoms with E-state index in [4.69, 9.17) is 5.73 Å². The molecule has 6 nitrogen and oxygen atoms in total. The van der Waals surface area contributed by atoms with Crippen molar-refractivity contribution in [3.8, 4) is 11.4 Å². The van der Waals surface area contributed by atoms with Crippen molar-refractivity contribution in [1.29, 1.82) is 0 Å². The van der Waals surface area contributed by atoms with E-state index in [2.05, 4.69) is 20.1 Å². The van der Waals surface area contributed by atoms with Crippen LogP contribution in [0.2, 0.25) is 0 Å². The number of rotatable bonds is 2. The van der Waals surface area contributed by atoms with Crippen LogP contribution in [0.4, 0.5) is 19.1 Å². The van der Waals surface area contributed by atoms with Crippen LogP contribution in [-0.4, -0.2) is 30.8 Å². The van der Waals surface area contributed by atoms with E-state index in [-0.39, 0.29) is 23.1 Å². The molecule has 0 amide bonds. The molecule has 3 rings (SSSR count). The number of thioether (sulfide) groups is 1. The lowest BCUT2D eigenvalue weighted by atomic mass is 10.1. The molecular formula is C12H9F3N6S. The Hall–Kier alpha value is -2.36. The van der Waals surface area contributed by atoms with Gasteiger partial charge in [0.25, 0.3) is 5.78 Å². The maximum Gasteiger partial charge on any atom is 0.417 e. The Morgan fingerprint density at radius 1 is 1.14 bits per heavy atom. The fraction of sp³-hybridized carbons (Fsp3) is 0.167. The summed E-state index contributed by atoms with van der Waals surface area (Å²) in [7, 11) is 0. The van der Waals surface area contributed by atoms with Crippen LogP contribution in [0.1, 0.15) is 5.56 Å². The maximum atomic E-state index is 13.1. The van der Waals surface area contributed by atoms with E-state index >= 15 is 0 Å². The Labute approximate surface area is 126 Å². The van der Waals surface area contributed by atoms with Crippen molar-refractivity contribution in [1.82, 2.24) is 24.6 Å². The van der Waals surface area contributed by atoms with Crippen molar-refractivity contribution >= 4 is 23.5 Å². The Morgan fingerprint density at radius 3 is 2.55 bits per heavy atom. The fourth-order valence-corrected chi connectivity index (χ4v) is 2.27.